The number of amides is 1. The Balaban J connectivity index is 1.63. The van der Waals surface area contributed by atoms with Gasteiger partial charge in [0.1, 0.15) is 6.04 Å². The normalized spacial score (nSPS) is 17.3. The summed E-state index contributed by atoms with van der Waals surface area (Å²) in [7, 11) is -6.75. The Morgan fingerprint density at radius 3 is 2.13 bits per heavy atom. The van der Waals surface area contributed by atoms with E-state index in [0.29, 0.717) is 0 Å². The van der Waals surface area contributed by atoms with E-state index in [9.17, 15) is 26.7 Å². The summed E-state index contributed by atoms with van der Waals surface area (Å²) in [6.07, 6.45) is 1.17. The van der Waals surface area contributed by atoms with Crippen molar-refractivity contribution in [2.45, 2.75) is 15.8 Å². The molecule has 200 valence electrons. The second kappa shape index (κ2) is 11.3. The number of carbonyl (C=O) groups excluding carboxylic acids is 1. The topological polar surface area (TPSA) is 146 Å². The Labute approximate surface area is 221 Å². The molecule has 0 spiro atoms. The number of piperazine rings is 1. The number of nitrogens with zero attached hydrogens (tertiary/aromatic N) is 3. The highest BCUT2D eigenvalue weighted by atomic mass is 32.2. The summed E-state index contributed by atoms with van der Waals surface area (Å²) in [5, 5.41) is 14.1. The molecule has 1 aliphatic heterocycles. The molecular weight excluding hydrogens is 532 g/mol. The van der Waals surface area contributed by atoms with Crippen LogP contribution in [-0.4, -0.2) is 75.5 Å². The number of hydrogen-bond donors (Lipinski definition) is 2. The van der Waals surface area contributed by atoms with Crippen LogP contribution < -0.4 is 10.2 Å². The van der Waals surface area contributed by atoms with Crippen molar-refractivity contribution in [1.29, 1.82) is 0 Å². The average molecular weight is 559 g/mol. The van der Waals surface area contributed by atoms with Gasteiger partial charge in [-0.1, -0.05) is 42.5 Å². The Hall–Kier alpha value is -3.78. The van der Waals surface area contributed by atoms with E-state index in [2.05, 4.69) is 10.5 Å². The molecule has 1 aliphatic rings. The molecule has 0 aliphatic carbocycles. The van der Waals surface area contributed by atoms with Gasteiger partial charge in [-0.2, -0.15) is 13.7 Å². The Morgan fingerprint density at radius 2 is 1.53 bits per heavy atom. The number of carbonyl (C=O) groups is 1. The Morgan fingerprint density at radius 1 is 0.921 bits per heavy atom. The van der Waals surface area contributed by atoms with Crippen molar-refractivity contribution in [1.82, 2.24) is 14.0 Å². The molecule has 4 rings (SSSR count). The van der Waals surface area contributed by atoms with E-state index in [-0.39, 0.29) is 39.9 Å². The predicted octanol–water partition coefficient (Wildman–Crippen LogP) is 1.61. The number of rotatable bonds is 8. The smallest absolute Gasteiger partial charge is 0.259 e. The predicted molar refractivity (Wildman–Crippen MR) is 140 cm³/mol. The molecule has 1 amide bonds. The molecule has 3 aromatic carbocycles. The van der Waals surface area contributed by atoms with Gasteiger partial charge in [-0.25, -0.2) is 22.3 Å². The van der Waals surface area contributed by atoms with Gasteiger partial charge in [0, 0.05) is 25.2 Å². The molecule has 0 saturated carbocycles. The largest absolute Gasteiger partial charge is 0.504 e. The zero-order chi connectivity index (χ0) is 27.3. The van der Waals surface area contributed by atoms with Gasteiger partial charge in [-0.15, -0.1) is 0 Å². The van der Waals surface area contributed by atoms with Gasteiger partial charge in [-0.05, 0) is 36.4 Å². The number of phenols is 1. The van der Waals surface area contributed by atoms with Crippen LogP contribution in [0.3, 0.4) is 0 Å². The molecular formula is C25H26N4O7S2. The number of ether oxygens (including phenoxy) is 1. The first kappa shape index (κ1) is 27.3. The minimum Gasteiger partial charge on any atom is -0.504 e. The molecule has 13 heteroatoms. The summed E-state index contributed by atoms with van der Waals surface area (Å²) in [6, 6.07) is 18.6. The number of hydrazone groups is 1. The number of benzene rings is 3. The van der Waals surface area contributed by atoms with Crippen molar-refractivity contribution in [2.75, 3.05) is 26.7 Å². The Kier molecular flexibility index (Phi) is 8.11. The van der Waals surface area contributed by atoms with E-state index in [4.69, 9.17) is 4.74 Å². The molecule has 11 nitrogen and oxygen atoms in total. The number of aromatic hydroxyl groups is 1. The quantitative estimate of drug-likeness (QED) is 0.316. The van der Waals surface area contributed by atoms with Crippen LogP contribution in [0.15, 0.2) is 93.8 Å². The number of phenolic OH excluding ortho intramolecular Hbond substituents is 1. The van der Waals surface area contributed by atoms with Gasteiger partial charge in [0.05, 0.1) is 23.1 Å². The average Bonchev–Trinajstić information content (AvgIpc) is 2.94. The van der Waals surface area contributed by atoms with E-state index >= 15 is 0 Å². The maximum absolute atomic E-state index is 13.4. The van der Waals surface area contributed by atoms with Crippen molar-refractivity contribution in [3.8, 4) is 11.5 Å². The number of methoxy groups -OCH3 is 1. The fraction of sp³-hybridized carbons (Fsp3) is 0.200. The van der Waals surface area contributed by atoms with Gasteiger partial charge in [0.15, 0.2) is 11.5 Å². The highest BCUT2D eigenvalue weighted by Crippen LogP contribution is 2.28. The fourth-order valence-corrected chi connectivity index (χ4v) is 7.03. The van der Waals surface area contributed by atoms with Crippen molar-refractivity contribution >= 4 is 32.2 Å². The highest BCUT2D eigenvalue weighted by molar-refractivity contribution is 7.89. The third-order valence-corrected chi connectivity index (χ3v) is 9.76. The molecule has 0 radical (unpaired) electrons. The van der Waals surface area contributed by atoms with Gasteiger partial charge >= 0.3 is 0 Å². The molecule has 0 aromatic heterocycles. The van der Waals surface area contributed by atoms with Crippen molar-refractivity contribution in [3.05, 3.63) is 84.4 Å². The number of para-hydroxylation sites is 1. The lowest BCUT2D eigenvalue weighted by atomic mass is 10.2. The first-order chi connectivity index (χ1) is 18.2. The minimum atomic E-state index is -4.14. The molecule has 1 atom stereocenters. The molecule has 1 unspecified atom stereocenters. The van der Waals surface area contributed by atoms with Crippen LogP contribution in [-0.2, 0) is 24.8 Å². The van der Waals surface area contributed by atoms with Crippen molar-refractivity contribution in [2.24, 2.45) is 5.10 Å². The van der Waals surface area contributed by atoms with Crippen molar-refractivity contribution < 1.29 is 31.5 Å². The summed E-state index contributed by atoms with van der Waals surface area (Å²) in [6.45, 7) is -0.815. The van der Waals surface area contributed by atoms with E-state index < -0.39 is 38.5 Å². The zero-order valence-electron chi connectivity index (χ0n) is 20.3. The molecule has 2 N–H and O–H groups in total. The second-order valence-corrected chi connectivity index (χ2v) is 12.1. The van der Waals surface area contributed by atoms with Gasteiger partial charge in [0.25, 0.3) is 5.91 Å². The lowest BCUT2D eigenvalue weighted by molar-refractivity contribution is -0.125. The summed E-state index contributed by atoms with van der Waals surface area (Å²) < 4.78 is 60.4. The summed E-state index contributed by atoms with van der Waals surface area (Å²) in [5.41, 5.74) is 2.53. The fourth-order valence-electron chi connectivity index (χ4n) is 3.98. The molecule has 1 saturated heterocycles. The highest BCUT2D eigenvalue weighted by Gasteiger charge is 2.43. The first-order valence-electron chi connectivity index (χ1n) is 11.5. The lowest BCUT2D eigenvalue weighted by Crippen LogP contribution is -2.60. The number of sulfonamides is 2. The van der Waals surface area contributed by atoms with Crippen LogP contribution in [0, 0.1) is 0 Å². The SMILES string of the molecule is COc1cccc(C=NNC(=O)C2CN(S(=O)(=O)c3ccccc3)CCN2S(=O)(=O)c2ccccc2)c1O. The summed E-state index contributed by atoms with van der Waals surface area (Å²) in [5.74, 6) is -0.829. The van der Waals surface area contributed by atoms with Crippen LogP contribution in [0.25, 0.3) is 0 Å². The molecule has 3 aromatic rings. The van der Waals surface area contributed by atoms with Crippen LogP contribution >= 0.6 is 0 Å². The van der Waals surface area contributed by atoms with Gasteiger partial charge in [0.2, 0.25) is 20.0 Å². The minimum absolute atomic E-state index is 0.0260. The third-order valence-electron chi connectivity index (χ3n) is 5.96. The second-order valence-electron chi connectivity index (χ2n) is 8.25. The van der Waals surface area contributed by atoms with Gasteiger partial charge in [-0.3, -0.25) is 4.79 Å². The molecule has 0 bridgehead atoms. The first-order valence-corrected chi connectivity index (χ1v) is 14.3. The number of hydrogen-bond acceptors (Lipinski definition) is 8. The van der Waals surface area contributed by atoms with Crippen LogP contribution in [0.5, 0.6) is 11.5 Å². The van der Waals surface area contributed by atoms with Crippen LogP contribution in [0.1, 0.15) is 5.56 Å². The van der Waals surface area contributed by atoms with E-state index in [1.165, 1.54) is 43.7 Å². The van der Waals surface area contributed by atoms with E-state index in [1.54, 1.807) is 48.5 Å². The van der Waals surface area contributed by atoms with E-state index in [0.717, 1.165) is 8.61 Å². The maximum atomic E-state index is 13.4. The summed E-state index contributed by atoms with van der Waals surface area (Å²) in [4.78, 5) is 13.3. The van der Waals surface area contributed by atoms with E-state index in [1.807, 2.05) is 0 Å². The standard InChI is InChI=1S/C25H26N4O7S2/c1-36-23-14-8-9-19(24(23)30)17-26-27-25(31)22-18-28(37(32,33)20-10-4-2-5-11-20)15-16-29(22)38(34,35)21-12-6-3-7-13-21/h2-14,17,22,30H,15-16,18H2,1H3,(H,27,31). The van der Waals surface area contributed by atoms with Crippen molar-refractivity contribution in [3.63, 3.8) is 0 Å². The van der Waals surface area contributed by atoms with Gasteiger partial charge < -0.3 is 9.84 Å². The van der Waals surface area contributed by atoms with Crippen LogP contribution in [0.2, 0.25) is 0 Å². The molecule has 1 fully saturated rings. The zero-order valence-corrected chi connectivity index (χ0v) is 22.0. The van der Waals surface area contributed by atoms with Crippen LogP contribution in [0.4, 0.5) is 0 Å². The lowest BCUT2D eigenvalue weighted by Gasteiger charge is -2.38. The monoisotopic (exact) mass is 558 g/mol. The molecule has 38 heavy (non-hydrogen) atoms. The Bertz CT molecular complexity index is 1530. The molecule has 1 heterocycles. The third kappa shape index (κ3) is 5.55. The summed E-state index contributed by atoms with van der Waals surface area (Å²) >= 11 is 0. The number of nitrogens with one attached hydrogen (secondary N) is 1. The maximum Gasteiger partial charge on any atom is 0.259 e.